The van der Waals surface area contributed by atoms with Gasteiger partial charge in [-0.05, 0) is 19.1 Å². The predicted octanol–water partition coefficient (Wildman–Crippen LogP) is 4.29. The predicted molar refractivity (Wildman–Crippen MR) is 119 cm³/mol. The molecule has 2 aromatic heterocycles. The number of rotatable bonds is 6. The molecule has 0 bridgehead atoms. The number of carbonyl (C=O) groups is 2. The second-order valence-corrected chi connectivity index (χ2v) is 9.34. The lowest BCUT2D eigenvalue weighted by Gasteiger charge is -2.15. The highest BCUT2D eigenvalue weighted by Gasteiger charge is 2.23. The minimum absolute atomic E-state index is 0.0713. The second-order valence-electron chi connectivity index (χ2n) is 7.73. The molecular weight excluding hydrogens is 420 g/mol. The molecule has 0 aliphatic carbocycles. The van der Waals surface area contributed by atoms with Crippen LogP contribution in [0.25, 0.3) is 0 Å². The Balaban J connectivity index is 1.60. The van der Waals surface area contributed by atoms with Crippen LogP contribution in [0.4, 0.5) is 5.69 Å². The third kappa shape index (κ3) is 5.64. The molecule has 0 fully saturated rings. The Morgan fingerprint density at radius 2 is 1.93 bits per heavy atom. The molecule has 30 heavy (non-hydrogen) atoms. The molecule has 158 valence electrons. The van der Waals surface area contributed by atoms with E-state index in [1.54, 1.807) is 36.7 Å². The van der Waals surface area contributed by atoms with Crippen molar-refractivity contribution in [2.24, 2.45) is 0 Å². The van der Waals surface area contributed by atoms with Gasteiger partial charge in [-0.3, -0.25) is 9.59 Å². The molecule has 0 aliphatic heterocycles. The smallest absolute Gasteiger partial charge is 0.313 e. The molecule has 7 nitrogen and oxygen atoms in total. The number of hydrogen-bond donors (Lipinski definition) is 2. The quantitative estimate of drug-likeness (QED) is 0.553. The molecular formula is C21H24N4O3S2. The summed E-state index contributed by atoms with van der Waals surface area (Å²) in [4.78, 5) is 33.6. The van der Waals surface area contributed by atoms with Crippen LogP contribution in [0.2, 0.25) is 0 Å². The second kappa shape index (κ2) is 9.36. The molecule has 0 aliphatic rings. The summed E-state index contributed by atoms with van der Waals surface area (Å²) in [6, 6.07) is 6.59. The summed E-state index contributed by atoms with van der Waals surface area (Å²) < 4.78 is 5.74. The number of para-hydroxylation sites is 2. The number of thiazole rings is 2. The van der Waals surface area contributed by atoms with Crippen molar-refractivity contribution in [2.45, 2.75) is 45.8 Å². The Morgan fingerprint density at radius 1 is 1.17 bits per heavy atom. The van der Waals surface area contributed by atoms with Gasteiger partial charge in [0.25, 0.3) is 0 Å². The first-order chi connectivity index (χ1) is 14.2. The van der Waals surface area contributed by atoms with E-state index in [1.165, 1.54) is 22.7 Å². The number of aromatic nitrogens is 2. The van der Waals surface area contributed by atoms with Crippen LogP contribution in [-0.2, 0) is 21.6 Å². The molecule has 9 heteroatoms. The largest absolute Gasteiger partial charge is 0.485 e. The number of ether oxygens (including phenoxy) is 1. The van der Waals surface area contributed by atoms with Crippen molar-refractivity contribution in [3.63, 3.8) is 0 Å². The van der Waals surface area contributed by atoms with E-state index in [0.29, 0.717) is 11.4 Å². The van der Waals surface area contributed by atoms with Crippen LogP contribution in [0.15, 0.2) is 40.5 Å². The van der Waals surface area contributed by atoms with Crippen molar-refractivity contribution < 1.29 is 14.3 Å². The van der Waals surface area contributed by atoms with Crippen LogP contribution >= 0.6 is 22.7 Å². The number of benzene rings is 1. The van der Waals surface area contributed by atoms with Crippen LogP contribution in [0.3, 0.4) is 0 Å². The number of nitrogens with zero attached hydrogens (tertiary/aromatic N) is 2. The van der Waals surface area contributed by atoms with Crippen molar-refractivity contribution >= 4 is 40.2 Å². The van der Waals surface area contributed by atoms with E-state index in [0.717, 1.165) is 16.4 Å². The van der Waals surface area contributed by atoms with E-state index in [4.69, 9.17) is 4.74 Å². The summed E-state index contributed by atoms with van der Waals surface area (Å²) in [6.45, 7) is 8.32. The first-order valence-electron chi connectivity index (χ1n) is 9.40. The maximum absolute atomic E-state index is 12.4. The maximum atomic E-state index is 12.4. The van der Waals surface area contributed by atoms with Crippen LogP contribution in [0.1, 0.15) is 50.1 Å². The number of carbonyl (C=O) groups excluding carboxylic acids is 2. The van der Waals surface area contributed by atoms with Gasteiger partial charge in [-0.2, -0.15) is 0 Å². The average molecular weight is 445 g/mol. The molecule has 1 unspecified atom stereocenters. The normalized spacial score (nSPS) is 12.3. The SMILES string of the molecule is CC(NC(=O)C(=O)Nc1ccccc1OCc1cscn1)c1nc(C(C)(C)C)cs1. The van der Waals surface area contributed by atoms with Gasteiger partial charge in [0, 0.05) is 16.2 Å². The lowest BCUT2D eigenvalue weighted by Crippen LogP contribution is -2.37. The highest BCUT2D eigenvalue weighted by molar-refractivity contribution is 7.09. The molecule has 0 spiro atoms. The van der Waals surface area contributed by atoms with Gasteiger partial charge >= 0.3 is 11.8 Å². The van der Waals surface area contributed by atoms with Gasteiger partial charge in [0.1, 0.15) is 17.4 Å². The van der Waals surface area contributed by atoms with E-state index in [-0.39, 0.29) is 18.1 Å². The summed E-state index contributed by atoms with van der Waals surface area (Å²) in [7, 11) is 0. The Hall–Kier alpha value is -2.78. The number of nitrogens with one attached hydrogen (secondary N) is 2. The zero-order chi connectivity index (χ0) is 21.7. The van der Waals surface area contributed by atoms with Crippen molar-refractivity contribution in [2.75, 3.05) is 5.32 Å². The van der Waals surface area contributed by atoms with E-state index in [9.17, 15) is 9.59 Å². The Bertz CT molecular complexity index is 1010. The minimum atomic E-state index is -0.765. The fraction of sp³-hybridized carbons (Fsp3) is 0.333. The van der Waals surface area contributed by atoms with Gasteiger partial charge in [-0.15, -0.1) is 22.7 Å². The van der Waals surface area contributed by atoms with Crippen LogP contribution < -0.4 is 15.4 Å². The maximum Gasteiger partial charge on any atom is 0.313 e. The van der Waals surface area contributed by atoms with Gasteiger partial charge in [-0.25, -0.2) is 9.97 Å². The van der Waals surface area contributed by atoms with Crippen LogP contribution in [0.5, 0.6) is 5.75 Å². The van der Waals surface area contributed by atoms with Gasteiger partial charge in [-0.1, -0.05) is 32.9 Å². The zero-order valence-corrected chi connectivity index (χ0v) is 18.9. The van der Waals surface area contributed by atoms with E-state index in [2.05, 4.69) is 41.4 Å². The molecule has 0 saturated carbocycles. The van der Waals surface area contributed by atoms with Crippen molar-refractivity contribution in [1.29, 1.82) is 0 Å². The average Bonchev–Trinajstić information content (AvgIpc) is 3.39. The number of anilines is 1. The van der Waals surface area contributed by atoms with Crippen molar-refractivity contribution in [1.82, 2.24) is 15.3 Å². The number of hydrogen-bond acceptors (Lipinski definition) is 7. The summed E-state index contributed by atoms with van der Waals surface area (Å²) in [5.74, 6) is -1.03. The molecule has 1 aromatic carbocycles. The van der Waals surface area contributed by atoms with Gasteiger partial charge in [0.05, 0.1) is 28.6 Å². The highest BCUT2D eigenvalue weighted by Crippen LogP contribution is 2.27. The molecule has 3 aromatic rings. The first kappa shape index (κ1) is 21.9. The third-order valence-corrected chi connectivity index (χ3v) is 5.87. The summed E-state index contributed by atoms with van der Waals surface area (Å²) in [5.41, 5.74) is 3.83. The molecule has 0 saturated heterocycles. The molecule has 3 rings (SSSR count). The molecule has 2 heterocycles. The summed E-state index contributed by atoms with van der Waals surface area (Å²) in [6.07, 6.45) is 0. The number of amides is 2. The van der Waals surface area contributed by atoms with E-state index in [1.807, 2.05) is 10.8 Å². The molecule has 1 atom stereocenters. The van der Waals surface area contributed by atoms with Gasteiger partial charge in [0.15, 0.2) is 0 Å². The third-order valence-electron chi connectivity index (χ3n) is 4.21. The minimum Gasteiger partial charge on any atom is -0.485 e. The van der Waals surface area contributed by atoms with Crippen LogP contribution in [-0.4, -0.2) is 21.8 Å². The Kier molecular flexibility index (Phi) is 6.84. The topological polar surface area (TPSA) is 93.2 Å². The van der Waals surface area contributed by atoms with Crippen molar-refractivity contribution in [3.05, 3.63) is 56.9 Å². The Morgan fingerprint density at radius 3 is 2.60 bits per heavy atom. The van der Waals surface area contributed by atoms with E-state index >= 15 is 0 Å². The molecule has 2 amide bonds. The monoisotopic (exact) mass is 444 g/mol. The summed E-state index contributed by atoms with van der Waals surface area (Å²) in [5, 5.41) is 9.94. The molecule has 2 N–H and O–H groups in total. The summed E-state index contributed by atoms with van der Waals surface area (Å²) >= 11 is 2.95. The van der Waals surface area contributed by atoms with Gasteiger partial charge in [0.2, 0.25) is 0 Å². The molecule has 0 radical (unpaired) electrons. The van der Waals surface area contributed by atoms with E-state index < -0.39 is 11.8 Å². The zero-order valence-electron chi connectivity index (χ0n) is 17.3. The fourth-order valence-electron chi connectivity index (χ4n) is 2.49. The fourth-order valence-corrected chi connectivity index (χ4v) is 4.09. The van der Waals surface area contributed by atoms with Crippen molar-refractivity contribution in [3.8, 4) is 5.75 Å². The first-order valence-corrected chi connectivity index (χ1v) is 11.2. The lowest BCUT2D eigenvalue weighted by molar-refractivity contribution is -0.136. The lowest BCUT2D eigenvalue weighted by atomic mass is 9.93. The highest BCUT2D eigenvalue weighted by atomic mass is 32.1. The standard InChI is InChI=1S/C21H24N4O3S2/c1-13(20-25-17(11-30-20)21(2,3)4)23-18(26)19(27)24-15-7-5-6-8-16(15)28-9-14-10-29-12-22-14/h5-8,10-13H,9H2,1-4H3,(H,23,26)(H,24,27). The Labute approximate surface area is 183 Å². The van der Waals surface area contributed by atoms with Gasteiger partial charge < -0.3 is 15.4 Å². The van der Waals surface area contributed by atoms with Crippen LogP contribution in [0, 0.1) is 0 Å².